The standard InChI is InChI=1S/C17H16O2/c1-13(15-8-4-3-5-9-15)12-16-10-6-7-11-17(16)19-14(2)18/h3-12H,1-2H3/b13-12+. The number of ether oxygens (including phenoxy) is 1. The van der Waals surface area contributed by atoms with Crippen LogP contribution in [0.2, 0.25) is 0 Å². The van der Waals surface area contributed by atoms with Crippen molar-refractivity contribution in [1.82, 2.24) is 0 Å². The van der Waals surface area contributed by atoms with Gasteiger partial charge in [0, 0.05) is 12.5 Å². The highest BCUT2D eigenvalue weighted by Crippen LogP contribution is 2.24. The van der Waals surface area contributed by atoms with Crippen LogP contribution in [0, 0.1) is 0 Å². The lowest BCUT2D eigenvalue weighted by atomic mass is 10.0. The van der Waals surface area contributed by atoms with E-state index in [1.807, 2.05) is 49.4 Å². The number of hydrogen-bond donors (Lipinski definition) is 0. The number of rotatable bonds is 3. The maximum Gasteiger partial charge on any atom is 0.308 e. The average molecular weight is 252 g/mol. The molecule has 0 unspecified atom stereocenters. The smallest absolute Gasteiger partial charge is 0.308 e. The molecule has 2 aromatic rings. The molecule has 0 spiro atoms. The lowest BCUT2D eigenvalue weighted by Gasteiger charge is -2.07. The fraction of sp³-hybridized carbons (Fsp3) is 0.118. The van der Waals surface area contributed by atoms with Gasteiger partial charge in [-0.3, -0.25) is 4.79 Å². The number of carbonyl (C=O) groups excluding carboxylic acids is 1. The fourth-order valence-corrected chi connectivity index (χ4v) is 1.87. The molecule has 0 N–H and O–H groups in total. The minimum Gasteiger partial charge on any atom is -0.426 e. The van der Waals surface area contributed by atoms with Gasteiger partial charge in [-0.15, -0.1) is 0 Å². The highest BCUT2D eigenvalue weighted by molar-refractivity contribution is 5.82. The first-order valence-electron chi connectivity index (χ1n) is 6.18. The van der Waals surface area contributed by atoms with E-state index < -0.39 is 0 Å². The zero-order valence-electron chi connectivity index (χ0n) is 11.1. The van der Waals surface area contributed by atoms with E-state index in [1.54, 1.807) is 6.07 Å². The summed E-state index contributed by atoms with van der Waals surface area (Å²) in [4.78, 5) is 11.1. The highest BCUT2D eigenvalue weighted by Gasteiger charge is 2.04. The van der Waals surface area contributed by atoms with Gasteiger partial charge in [-0.2, -0.15) is 0 Å². The molecule has 0 saturated carbocycles. The average Bonchev–Trinajstić information content (AvgIpc) is 2.41. The molecule has 2 rings (SSSR count). The van der Waals surface area contributed by atoms with Crippen LogP contribution in [-0.4, -0.2) is 5.97 Å². The summed E-state index contributed by atoms with van der Waals surface area (Å²) >= 11 is 0. The molecule has 96 valence electrons. The third-order valence-corrected chi connectivity index (χ3v) is 2.77. The zero-order chi connectivity index (χ0) is 13.7. The number of para-hydroxylation sites is 1. The summed E-state index contributed by atoms with van der Waals surface area (Å²) in [6.07, 6.45) is 2.02. The van der Waals surface area contributed by atoms with Crippen LogP contribution in [0.5, 0.6) is 5.75 Å². The Morgan fingerprint density at radius 3 is 2.26 bits per heavy atom. The maximum atomic E-state index is 11.1. The number of benzene rings is 2. The molecule has 0 aromatic heterocycles. The fourth-order valence-electron chi connectivity index (χ4n) is 1.87. The molecule has 0 aliphatic rings. The molecule has 0 heterocycles. The van der Waals surface area contributed by atoms with Crippen molar-refractivity contribution in [2.75, 3.05) is 0 Å². The molecule has 0 atom stereocenters. The Hall–Kier alpha value is -2.35. The van der Waals surface area contributed by atoms with E-state index in [2.05, 4.69) is 12.1 Å². The van der Waals surface area contributed by atoms with Gasteiger partial charge >= 0.3 is 5.97 Å². The maximum absolute atomic E-state index is 11.1. The second kappa shape index (κ2) is 6.01. The first-order chi connectivity index (χ1) is 9.16. The first kappa shape index (κ1) is 13.1. The third-order valence-electron chi connectivity index (χ3n) is 2.77. The van der Waals surface area contributed by atoms with Crippen molar-refractivity contribution in [3.63, 3.8) is 0 Å². The molecule has 0 fully saturated rings. The number of allylic oxidation sites excluding steroid dienone is 1. The number of hydrogen-bond acceptors (Lipinski definition) is 2. The van der Waals surface area contributed by atoms with Gasteiger partial charge in [0.15, 0.2) is 0 Å². The summed E-state index contributed by atoms with van der Waals surface area (Å²) in [5, 5.41) is 0. The number of carbonyl (C=O) groups is 1. The van der Waals surface area contributed by atoms with E-state index in [0.717, 1.165) is 16.7 Å². The molecule has 0 saturated heterocycles. The summed E-state index contributed by atoms with van der Waals surface area (Å²) in [6.45, 7) is 3.45. The Morgan fingerprint density at radius 1 is 0.947 bits per heavy atom. The minimum atomic E-state index is -0.307. The van der Waals surface area contributed by atoms with Crippen molar-refractivity contribution in [2.45, 2.75) is 13.8 Å². The third kappa shape index (κ3) is 3.55. The van der Waals surface area contributed by atoms with Gasteiger partial charge in [-0.25, -0.2) is 0 Å². The van der Waals surface area contributed by atoms with E-state index in [-0.39, 0.29) is 5.97 Å². The van der Waals surface area contributed by atoms with Gasteiger partial charge in [0.2, 0.25) is 0 Å². The zero-order valence-corrected chi connectivity index (χ0v) is 11.1. The minimum absolute atomic E-state index is 0.307. The summed E-state index contributed by atoms with van der Waals surface area (Å²) < 4.78 is 5.20. The van der Waals surface area contributed by atoms with Gasteiger partial charge in [-0.1, -0.05) is 48.5 Å². The SMILES string of the molecule is CC(=O)Oc1ccccc1/C=C(\C)c1ccccc1. The molecule has 0 bridgehead atoms. The Labute approximate surface area is 113 Å². The van der Waals surface area contributed by atoms with Crippen LogP contribution in [0.25, 0.3) is 11.6 Å². The van der Waals surface area contributed by atoms with Crippen molar-refractivity contribution in [2.24, 2.45) is 0 Å². The molecule has 0 amide bonds. The molecular formula is C17H16O2. The van der Waals surface area contributed by atoms with E-state index in [1.165, 1.54) is 6.92 Å². The summed E-state index contributed by atoms with van der Waals surface area (Å²) in [5.74, 6) is 0.281. The van der Waals surface area contributed by atoms with Gasteiger partial charge in [0.1, 0.15) is 5.75 Å². The Kier molecular flexibility index (Phi) is 4.14. The van der Waals surface area contributed by atoms with E-state index >= 15 is 0 Å². The van der Waals surface area contributed by atoms with Crippen molar-refractivity contribution in [1.29, 1.82) is 0 Å². The molecular weight excluding hydrogens is 236 g/mol. The molecule has 2 nitrogen and oxygen atoms in total. The van der Waals surface area contributed by atoms with E-state index in [4.69, 9.17) is 4.74 Å². The predicted octanol–water partition coefficient (Wildman–Crippen LogP) is 4.17. The Morgan fingerprint density at radius 2 is 1.58 bits per heavy atom. The Balaban J connectivity index is 2.35. The van der Waals surface area contributed by atoms with Crippen molar-refractivity contribution < 1.29 is 9.53 Å². The van der Waals surface area contributed by atoms with Crippen LogP contribution in [-0.2, 0) is 4.79 Å². The van der Waals surface area contributed by atoms with E-state index in [9.17, 15) is 4.79 Å². The van der Waals surface area contributed by atoms with Crippen LogP contribution in [0.15, 0.2) is 54.6 Å². The lowest BCUT2D eigenvalue weighted by Crippen LogP contribution is -2.02. The monoisotopic (exact) mass is 252 g/mol. The van der Waals surface area contributed by atoms with Crippen LogP contribution >= 0.6 is 0 Å². The largest absolute Gasteiger partial charge is 0.426 e. The predicted molar refractivity (Wildman–Crippen MR) is 77.7 cm³/mol. The Bertz CT molecular complexity index is 598. The number of esters is 1. The van der Waals surface area contributed by atoms with Gasteiger partial charge in [0.05, 0.1) is 0 Å². The highest BCUT2D eigenvalue weighted by atomic mass is 16.5. The van der Waals surface area contributed by atoms with Crippen molar-refractivity contribution in [3.05, 3.63) is 65.7 Å². The lowest BCUT2D eigenvalue weighted by molar-refractivity contribution is -0.131. The second-order valence-corrected chi connectivity index (χ2v) is 4.32. The van der Waals surface area contributed by atoms with Crippen LogP contribution in [0.4, 0.5) is 0 Å². The van der Waals surface area contributed by atoms with Gasteiger partial charge < -0.3 is 4.74 Å². The molecule has 19 heavy (non-hydrogen) atoms. The van der Waals surface area contributed by atoms with Crippen LogP contribution < -0.4 is 4.74 Å². The summed E-state index contributed by atoms with van der Waals surface area (Å²) in [5.41, 5.74) is 3.18. The van der Waals surface area contributed by atoms with Crippen LogP contribution in [0.3, 0.4) is 0 Å². The van der Waals surface area contributed by atoms with Crippen molar-refractivity contribution >= 4 is 17.6 Å². The molecule has 0 aliphatic carbocycles. The normalized spacial score (nSPS) is 11.2. The summed E-state index contributed by atoms with van der Waals surface area (Å²) in [6, 6.07) is 17.6. The first-order valence-corrected chi connectivity index (χ1v) is 6.18. The van der Waals surface area contributed by atoms with Crippen LogP contribution in [0.1, 0.15) is 25.0 Å². The molecule has 0 radical (unpaired) electrons. The molecule has 2 aromatic carbocycles. The second-order valence-electron chi connectivity index (χ2n) is 4.32. The summed E-state index contributed by atoms with van der Waals surface area (Å²) in [7, 11) is 0. The van der Waals surface area contributed by atoms with Gasteiger partial charge in [-0.05, 0) is 30.2 Å². The molecule has 0 aliphatic heterocycles. The quantitative estimate of drug-likeness (QED) is 0.465. The topological polar surface area (TPSA) is 26.3 Å². The van der Waals surface area contributed by atoms with Crippen molar-refractivity contribution in [3.8, 4) is 5.75 Å². The van der Waals surface area contributed by atoms with Gasteiger partial charge in [0.25, 0.3) is 0 Å². The van der Waals surface area contributed by atoms with E-state index in [0.29, 0.717) is 5.75 Å². The molecule has 2 heteroatoms.